The topological polar surface area (TPSA) is 47.9 Å². The number of alkyl halides is 3. The summed E-state index contributed by atoms with van der Waals surface area (Å²) < 4.78 is 38.1. The van der Waals surface area contributed by atoms with Crippen LogP contribution in [0.1, 0.15) is 27.0 Å². The van der Waals surface area contributed by atoms with E-state index in [0.717, 1.165) is 23.3 Å². The Kier molecular flexibility index (Phi) is 10.3. The first-order valence-corrected chi connectivity index (χ1v) is 9.50. The molecular formula is C22H28F3IN4O. The summed E-state index contributed by atoms with van der Waals surface area (Å²) in [5.74, 6) is 0.590. The normalized spacial score (nSPS) is 11.5. The van der Waals surface area contributed by atoms with Gasteiger partial charge in [0.2, 0.25) is 0 Å². The molecule has 9 heteroatoms. The fraction of sp³-hybridized carbons (Fsp3) is 0.364. The van der Waals surface area contributed by atoms with Crippen molar-refractivity contribution in [1.29, 1.82) is 0 Å². The van der Waals surface area contributed by atoms with Crippen LogP contribution in [-0.2, 0) is 19.1 Å². The first kappa shape index (κ1) is 26.7. The number of rotatable bonds is 6. The van der Waals surface area contributed by atoms with Crippen LogP contribution in [0.25, 0.3) is 0 Å². The Labute approximate surface area is 198 Å². The zero-order chi connectivity index (χ0) is 22.3. The number of carbonyl (C=O) groups excluding carboxylic acids is 1. The van der Waals surface area contributed by atoms with Gasteiger partial charge in [-0.25, -0.2) is 0 Å². The number of nitrogens with one attached hydrogen (secondary N) is 1. The molecule has 0 radical (unpaired) electrons. The predicted octanol–water partition coefficient (Wildman–Crippen LogP) is 4.28. The van der Waals surface area contributed by atoms with Gasteiger partial charge in [0.1, 0.15) is 0 Å². The van der Waals surface area contributed by atoms with Crippen molar-refractivity contribution in [2.24, 2.45) is 4.99 Å². The maximum absolute atomic E-state index is 12.7. The molecule has 5 nitrogen and oxygen atoms in total. The van der Waals surface area contributed by atoms with Crippen molar-refractivity contribution < 1.29 is 18.0 Å². The van der Waals surface area contributed by atoms with Crippen molar-refractivity contribution in [3.05, 3.63) is 70.8 Å². The fourth-order valence-electron chi connectivity index (χ4n) is 2.97. The molecule has 0 aliphatic carbocycles. The maximum Gasteiger partial charge on any atom is 0.416 e. The van der Waals surface area contributed by atoms with Gasteiger partial charge < -0.3 is 15.1 Å². The monoisotopic (exact) mass is 548 g/mol. The molecule has 0 aromatic heterocycles. The summed E-state index contributed by atoms with van der Waals surface area (Å²) in [4.78, 5) is 19.7. The van der Waals surface area contributed by atoms with Gasteiger partial charge in [-0.05, 0) is 41.8 Å². The third kappa shape index (κ3) is 8.04. The highest BCUT2D eigenvalue weighted by Crippen LogP contribution is 2.29. The van der Waals surface area contributed by atoms with E-state index in [-0.39, 0.29) is 29.9 Å². The second kappa shape index (κ2) is 11.9. The molecular weight excluding hydrogens is 520 g/mol. The number of hydrogen-bond donors (Lipinski definition) is 1. The molecule has 2 aromatic carbocycles. The van der Waals surface area contributed by atoms with E-state index >= 15 is 0 Å². The SMILES string of the molecule is CN=C(NCCc1cccc(C(=O)N(C)C)c1)N(C)Cc1ccc(C(F)(F)F)cc1.I. The summed E-state index contributed by atoms with van der Waals surface area (Å²) in [5.41, 5.74) is 1.76. The largest absolute Gasteiger partial charge is 0.416 e. The van der Waals surface area contributed by atoms with Gasteiger partial charge in [0.05, 0.1) is 5.56 Å². The summed E-state index contributed by atoms with van der Waals surface area (Å²) in [7, 11) is 6.91. The quantitative estimate of drug-likeness (QED) is 0.333. The average Bonchev–Trinajstić information content (AvgIpc) is 2.70. The lowest BCUT2D eigenvalue weighted by molar-refractivity contribution is -0.137. The van der Waals surface area contributed by atoms with Crippen LogP contribution in [0.15, 0.2) is 53.5 Å². The Morgan fingerprint density at radius 2 is 1.68 bits per heavy atom. The van der Waals surface area contributed by atoms with Crippen molar-refractivity contribution in [3.63, 3.8) is 0 Å². The average molecular weight is 548 g/mol. The summed E-state index contributed by atoms with van der Waals surface area (Å²) in [6.45, 7) is 1.02. The van der Waals surface area contributed by atoms with Gasteiger partial charge in [-0.15, -0.1) is 24.0 Å². The summed E-state index contributed by atoms with van der Waals surface area (Å²) in [5, 5.41) is 3.25. The summed E-state index contributed by atoms with van der Waals surface area (Å²) in [6, 6.07) is 12.6. The number of carbonyl (C=O) groups is 1. The van der Waals surface area contributed by atoms with Crippen molar-refractivity contribution in [2.75, 3.05) is 34.7 Å². The minimum atomic E-state index is -4.34. The van der Waals surface area contributed by atoms with Crippen molar-refractivity contribution in [1.82, 2.24) is 15.1 Å². The first-order valence-electron chi connectivity index (χ1n) is 9.50. The Morgan fingerprint density at radius 3 is 2.23 bits per heavy atom. The van der Waals surface area contributed by atoms with Crippen LogP contribution >= 0.6 is 24.0 Å². The van der Waals surface area contributed by atoms with E-state index in [1.807, 2.05) is 30.1 Å². The van der Waals surface area contributed by atoms with Crippen LogP contribution in [0.3, 0.4) is 0 Å². The van der Waals surface area contributed by atoms with Crippen LogP contribution in [-0.4, -0.2) is 56.4 Å². The summed E-state index contributed by atoms with van der Waals surface area (Å²) in [6.07, 6.45) is -3.64. The zero-order valence-corrected chi connectivity index (χ0v) is 20.4. The molecule has 0 saturated carbocycles. The molecule has 0 unspecified atom stereocenters. The summed E-state index contributed by atoms with van der Waals surface area (Å²) >= 11 is 0. The lowest BCUT2D eigenvalue weighted by Crippen LogP contribution is -2.39. The highest BCUT2D eigenvalue weighted by molar-refractivity contribution is 14.0. The fourth-order valence-corrected chi connectivity index (χ4v) is 2.97. The minimum Gasteiger partial charge on any atom is -0.356 e. The van der Waals surface area contributed by atoms with Crippen molar-refractivity contribution >= 4 is 35.8 Å². The van der Waals surface area contributed by atoms with E-state index in [1.54, 1.807) is 27.2 Å². The molecule has 0 aliphatic rings. The van der Waals surface area contributed by atoms with Crippen LogP contribution < -0.4 is 5.32 Å². The van der Waals surface area contributed by atoms with E-state index in [2.05, 4.69) is 10.3 Å². The Morgan fingerprint density at radius 1 is 1.03 bits per heavy atom. The predicted molar refractivity (Wildman–Crippen MR) is 128 cm³/mol. The van der Waals surface area contributed by atoms with Crippen molar-refractivity contribution in [2.45, 2.75) is 19.1 Å². The van der Waals surface area contributed by atoms with Crippen LogP contribution in [0, 0.1) is 0 Å². The maximum atomic E-state index is 12.7. The van der Waals surface area contributed by atoms with E-state index < -0.39 is 11.7 Å². The lowest BCUT2D eigenvalue weighted by Gasteiger charge is -2.22. The number of guanidine groups is 1. The standard InChI is InChI=1S/C22H27F3N4O.HI/c1-26-21(29(4)15-17-8-10-19(11-9-17)22(23,24)25)27-13-12-16-6-5-7-18(14-16)20(30)28(2)3;/h5-11,14H,12-13,15H2,1-4H3,(H,26,27);1H. The third-order valence-electron chi connectivity index (χ3n) is 4.55. The number of aliphatic imine (C=N–C) groups is 1. The molecule has 0 heterocycles. The Bertz CT molecular complexity index is 883. The minimum absolute atomic E-state index is 0. The van der Waals surface area contributed by atoms with Gasteiger partial charge in [0.25, 0.3) is 5.91 Å². The number of amides is 1. The van der Waals surface area contributed by atoms with E-state index in [0.29, 0.717) is 31.0 Å². The molecule has 0 saturated heterocycles. The second-order valence-electron chi connectivity index (χ2n) is 7.17. The van der Waals surface area contributed by atoms with Crippen LogP contribution in [0.2, 0.25) is 0 Å². The molecule has 0 bridgehead atoms. The molecule has 1 N–H and O–H groups in total. The van der Waals surface area contributed by atoms with Gasteiger partial charge in [-0.3, -0.25) is 9.79 Å². The lowest BCUT2D eigenvalue weighted by atomic mass is 10.1. The highest BCUT2D eigenvalue weighted by atomic mass is 127. The molecule has 0 aliphatic heterocycles. The van der Waals surface area contributed by atoms with E-state index in [1.165, 1.54) is 17.0 Å². The molecule has 2 rings (SSSR count). The molecule has 0 spiro atoms. The highest BCUT2D eigenvalue weighted by Gasteiger charge is 2.29. The Hall–Kier alpha value is -2.30. The molecule has 31 heavy (non-hydrogen) atoms. The molecule has 170 valence electrons. The zero-order valence-electron chi connectivity index (χ0n) is 18.0. The molecule has 1 amide bonds. The van der Waals surface area contributed by atoms with Gasteiger partial charge in [-0.2, -0.15) is 13.2 Å². The first-order chi connectivity index (χ1) is 14.1. The number of nitrogens with zero attached hydrogens (tertiary/aromatic N) is 3. The molecule has 2 aromatic rings. The molecule has 0 atom stereocenters. The Balaban J connectivity index is 0.00000480. The smallest absolute Gasteiger partial charge is 0.356 e. The van der Waals surface area contributed by atoms with Gasteiger partial charge in [0.15, 0.2) is 5.96 Å². The number of benzene rings is 2. The second-order valence-corrected chi connectivity index (χ2v) is 7.17. The van der Waals surface area contributed by atoms with E-state index in [4.69, 9.17) is 0 Å². The van der Waals surface area contributed by atoms with Crippen LogP contribution in [0.4, 0.5) is 13.2 Å². The van der Waals surface area contributed by atoms with E-state index in [9.17, 15) is 18.0 Å². The van der Waals surface area contributed by atoms with Gasteiger partial charge in [-0.1, -0.05) is 24.3 Å². The van der Waals surface area contributed by atoms with Gasteiger partial charge in [0, 0.05) is 46.8 Å². The van der Waals surface area contributed by atoms with Crippen LogP contribution in [0.5, 0.6) is 0 Å². The number of halogens is 4. The molecule has 0 fully saturated rings. The van der Waals surface area contributed by atoms with Crippen molar-refractivity contribution in [3.8, 4) is 0 Å². The number of hydrogen-bond acceptors (Lipinski definition) is 2. The third-order valence-corrected chi connectivity index (χ3v) is 4.55. The van der Waals surface area contributed by atoms with Gasteiger partial charge >= 0.3 is 6.18 Å².